The lowest BCUT2D eigenvalue weighted by Gasteiger charge is -2.08. The third-order valence-electron chi connectivity index (χ3n) is 2.00. The average Bonchev–Trinajstić information content (AvgIpc) is 2.25. The minimum atomic E-state index is -1.08. The highest BCUT2D eigenvalue weighted by molar-refractivity contribution is 6.56. The number of benzene rings is 1. The summed E-state index contributed by atoms with van der Waals surface area (Å²) < 4.78 is 0. The molecule has 0 aromatic heterocycles. The number of carboxylic acid groups (broad SMARTS) is 1. The highest BCUT2D eigenvalue weighted by Crippen LogP contribution is 2.08. The zero-order chi connectivity index (χ0) is 12.1. The van der Waals surface area contributed by atoms with Gasteiger partial charge < -0.3 is 10.4 Å². The molecule has 1 rings (SSSR count). The van der Waals surface area contributed by atoms with Crippen LogP contribution in [-0.4, -0.2) is 31.9 Å². The van der Waals surface area contributed by atoms with Gasteiger partial charge in [-0.05, 0) is 12.1 Å². The van der Waals surface area contributed by atoms with E-state index < -0.39 is 14.8 Å². The molecule has 0 aliphatic carbocycles. The first-order valence-electron chi connectivity index (χ1n) is 4.92. The van der Waals surface area contributed by atoms with Gasteiger partial charge >= 0.3 is 5.97 Å². The molecule has 5 heteroatoms. The molecule has 85 valence electrons. The molecule has 0 aliphatic heterocycles. The van der Waals surface area contributed by atoms with Crippen LogP contribution in [0.25, 0.3) is 0 Å². The standard InChI is InChI=1S/C11H14NO3Si/c1-16(2)7-12-10(13)8-5-3-4-6-9(8)11(14)15/h3-6H,7H2,1-2H3,(H,12,13)(H,14,15). The van der Waals surface area contributed by atoms with E-state index in [0.29, 0.717) is 6.17 Å². The smallest absolute Gasteiger partial charge is 0.336 e. The summed E-state index contributed by atoms with van der Waals surface area (Å²) in [5, 5.41) is 11.7. The Morgan fingerprint density at radius 1 is 1.25 bits per heavy atom. The Hall–Kier alpha value is -1.62. The number of hydrogen-bond acceptors (Lipinski definition) is 2. The van der Waals surface area contributed by atoms with Crippen molar-refractivity contribution in [2.75, 3.05) is 6.17 Å². The van der Waals surface area contributed by atoms with Crippen LogP contribution in [0.15, 0.2) is 24.3 Å². The predicted molar refractivity (Wildman–Crippen MR) is 63.2 cm³/mol. The second kappa shape index (κ2) is 5.46. The summed E-state index contributed by atoms with van der Waals surface area (Å²) in [6, 6.07) is 6.22. The van der Waals surface area contributed by atoms with Gasteiger partial charge in [-0.15, -0.1) is 0 Å². The van der Waals surface area contributed by atoms with E-state index in [4.69, 9.17) is 5.11 Å². The summed E-state index contributed by atoms with van der Waals surface area (Å²) in [5.41, 5.74) is 0.263. The summed E-state index contributed by atoms with van der Waals surface area (Å²) in [4.78, 5) is 22.6. The van der Waals surface area contributed by atoms with Crippen molar-refractivity contribution in [3.63, 3.8) is 0 Å². The lowest BCUT2D eigenvalue weighted by Crippen LogP contribution is -2.32. The molecule has 1 aromatic carbocycles. The number of aromatic carboxylic acids is 1. The van der Waals surface area contributed by atoms with Gasteiger partial charge in [0.2, 0.25) is 0 Å². The molecule has 0 unspecified atom stereocenters. The largest absolute Gasteiger partial charge is 0.478 e. The van der Waals surface area contributed by atoms with Crippen molar-refractivity contribution in [1.29, 1.82) is 0 Å². The summed E-state index contributed by atoms with van der Waals surface area (Å²) in [6.07, 6.45) is 0.636. The van der Waals surface area contributed by atoms with Crippen molar-refractivity contribution in [1.82, 2.24) is 5.32 Å². The van der Waals surface area contributed by atoms with Crippen molar-refractivity contribution in [2.24, 2.45) is 0 Å². The first-order chi connectivity index (χ1) is 7.52. The Labute approximate surface area is 95.9 Å². The lowest BCUT2D eigenvalue weighted by atomic mass is 10.1. The van der Waals surface area contributed by atoms with Crippen molar-refractivity contribution in [3.8, 4) is 0 Å². The number of rotatable bonds is 4. The van der Waals surface area contributed by atoms with Crippen LogP contribution >= 0.6 is 0 Å². The molecule has 1 aromatic rings. The molecular weight excluding hydrogens is 222 g/mol. The number of carboxylic acids is 1. The van der Waals surface area contributed by atoms with E-state index >= 15 is 0 Å². The van der Waals surface area contributed by atoms with E-state index in [1.54, 1.807) is 12.1 Å². The van der Waals surface area contributed by atoms with Crippen LogP contribution in [0.1, 0.15) is 20.7 Å². The van der Waals surface area contributed by atoms with Crippen molar-refractivity contribution in [2.45, 2.75) is 13.1 Å². The summed E-state index contributed by atoms with van der Waals surface area (Å²) in [7, 11) is -0.549. The van der Waals surface area contributed by atoms with Gasteiger partial charge in [0.05, 0.1) is 19.9 Å². The van der Waals surface area contributed by atoms with Crippen LogP contribution in [0.5, 0.6) is 0 Å². The van der Waals surface area contributed by atoms with Crippen LogP contribution in [0.4, 0.5) is 0 Å². The fourth-order valence-electron chi connectivity index (χ4n) is 1.22. The first-order valence-corrected chi connectivity index (χ1v) is 7.62. The average molecular weight is 236 g/mol. The minimum Gasteiger partial charge on any atom is -0.478 e. The zero-order valence-corrected chi connectivity index (χ0v) is 10.3. The van der Waals surface area contributed by atoms with E-state index in [1.165, 1.54) is 12.1 Å². The zero-order valence-electron chi connectivity index (χ0n) is 9.28. The number of nitrogens with one attached hydrogen (secondary N) is 1. The van der Waals surface area contributed by atoms with Crippen LogP contribution in [0.3, 0.4) is 0 Å². The van der Waals surface area contributed by atoms with E-state index in [2.05, 4.69) is 18.4 Å². The Bertz CT molecular complexity index is 404. The van der Waals surface area contributed by atoms with E-state index in [-0.39, 0.29) is 17.0 Å². The molecule has 0 atom stereocenters. The normalized spacial score (nSPS) is 10.2. The van der Waals surface area contributed by atoms with Crippen molar-refractivity contribution < 1.29 is 14.7 Å². The molecule has 0 heterocycles. The molecule has 1 radical (unpaired) electrons. The second-order valence-corrected chi connectivity index (χ2v) is 6.51. The fraction of sp³-hybridized carbons (Fsp3) is 0.273. The molecule has 16 heavy (non-hydrogen) atoms. The maximum Gasteiger partial charge on any atom is 0.336 e. The van der Waals surface area contributed by atoms with Crippen molar-refractivity contribution >= 4 is 20.7 Å². The number of hydrogen-bond donors (Lipinski definition) is 2. The third kappa shape index (κ3) is 3.20. The monoisotopic (exact) mass is 236 g/mol. The molecule has 4 nitrogen and oxygen atoms in total. The summed E-state index contributed by atoms with van der Waals surface area (Å²) in [6.45, 7) is 4.15. The topological polar surface area (TPSA) is 66.4 Å². The Morgan fingerprint density at radius 2 is 1.81 bits per heavy atom. The highest BCUT2D eigenvalue weighted by atomic mass is 28.3. The van der Waals surface area contributed by atoms with Gasteiger partial charge in [0, 0.05) is 6.17 Å². The summed E-state index contributed by atoms with van der Waals surface area (Å²) >= 11 is 0. The molecule has 0 saturated heterocycles. The van der Waals surface area contributed by atoms with Crippen LogP contribution in [-0.2, 0) is 0 Å². The SMILES string of the molecule is C[Si](C)CNC(=O)c1ccccc1C(=O)O. The number of carbonyl (C=O) groups excluding carboxylic acids is 1. The quantitative estimate of drug-likeness (QED) is 0.777. The van der Waals surface area contributed by atoms with Gasteiger partial charge in [-0.1, -0.05) is 25.2 Å². The highest BCUT2D eigenvalue weighted by Gasteiger charge is 2.15. The first kappa shape index (κ1) is 12.4. The maximum absolute atomic E-state index is 11.7. The number of amides is 1. The van der Waals surface area contributed by atoms with Crippen LogP contribution in [0, 0.1) is 0 Å². The Kier molecular flexibility index (Phi) is 4.25. The minimum absolute atomic E-state index is 0.0426. The van der Waals surface area contributed by atoms with Gasteiger partial charge in [-0.25, -0.2) is 4.79 Å². The fourth-order valence-corrected chi connectivity index (χ4v) is 1.73. The van der Waals surface area contributed by atoms with Crippen LogP contribution in [0.2, 0.25) is 13.1 Å². The van der Waals surface area contributed by atoms with E-state index in [1.807, 2.05) is 0 Å². The van der Waals surface area contributed by atoms with E-state index in [9.17, 15) is 9.59 Å². The van der Waals surface area contributed by atoms with Gasteiger partial charge in [-0.3, -0.25) is 4.79 Å². The molecule has 1 amide bonds. The second-order valence-electron chi connectivity index (χ2n) is 3.74. The summed E-state index contributed by atoms with van der Waals surface area (Å²) in [5.74, 6) is -1.39. The van der Waals surface area contributed by atoms with E-state index in [0.717, 1.165) is 0 Å². The van der Waals surface area contributed by atoms with Gasteiger partial charge in [-0.2, -0.15) is 0 Å². The van der Waals surface area contributed by atoms with Gasteiger partial charge in [0.15, 0.2) is 0 Å². The molecule has 0 aliphatic rings. The van der Waals surface area contributed by atoms with Crippen molar-refractivity contribution in [3.05, 3.63) is 35.4 Å². The molecule has 0 bridgehead atoms. The van der Waals surface area contributed by atoms with Gasteiger partial charge in [0.25, 0.3) is 5.91 Å². The van der Waals surface area contributed by atoms with Crippen LogP contribution < -0.4 is 5.32 Å². The molecule has 0 fully saturated rings. The third-order valence-corrected chi connectivity index (χ3v) is 2.89. The Balaban J connectivity index is 2.86. The van der Waals surface area contributed by atoms with Gasteiger partial charge in [0.1, 0.15) is 0 Å². The molecule has 0 saturated carbocycles. The predicted octanol–water partition coefficient (Wildman–Crippen LogP) is 1.41. The molecular formula is C11H14NO3Si. The number of carbonyl (C=O) groups is 2. The lowest BCUT2D eigenvalue weighted by molar-refractivity contribution is 0.0691. The molecule has 0 spiro atoms. The Morgan fingerprint density at radius 3 is 2.31 bits per heavy atom. The maximum atomic E-state index is 11.7. The molecule has 2 N–H and O–H groups in total.